The highest BCUT2D eigenvalue weighted by Gasteiger charge is 2.39. The Kier molecular flexibility index (Phi) is 7.29. The van der Waals surface area contributed by atoms with Crippen LogP contribution in [0, 0.1) is 12.7 Å². The van der Waals surface area contributed by atoms with Gasteiger partial charge in [0.1, 0.15) is 29.4 Å². The molecule has 2 aliphatic rings. The summed E-state index contributed by atoms with van der Waals surface area (Å²) < 4.78 is 30.2. The van der Waals surface area contributed by atoms with Gasteiger partial charge in [0.2, 0.25) is 0 Å². The predicted octanol–water partition coefficient (Wildman–Crippen LogP) is 1.91. The van der Waals surface area contributed by atoms with Crippen molar-refractivity contribution in [2.75, 3.05) is 20.3 Å². The number of ether oxygens (including phenoxy) is 3. The van der Waals surface area contributed by atoms with Crippen LogP contribution in [0.4, 0.5) is 4.39 Å². The Morgan fingerprint density at radius 1 is 1.23 bits per heavy atom. The largest absolute Gasteiger partial charge is 0.494 e. The van der Waals surface area contributed by atoms with Gasteiger partial charge < -0.3 is 29.5 Å². The molecule has 1 aromatic carbocycles. The molecule has 4 rings (SSSR count). The molecule has 1 saturated heterocycles. The number of hydrogen-bond acceptors (Lipinski definition) is 9. The first kappa shape index (κ1) is 25.0. The molecule has 1 amide bonds. The Balaban J connectivity index is 1.37. The minimum atomic E-state index is -0.999. The van der Waals surface area contributed by atoms with E-state index in [1.165, 1.54) is 19.2 Å². The molecule has 2 aliphatic heterocycles. The van der Waals surface area contributed by atoms with Crippen LogP contribution < -0.4 is 10.1 Å². The molecule has 0 bridgehead atoms. The summed E-state index contributed by atoms with van der Waals surface area (Å²) in [6.07, 6.45) is -0.696. The van der Waals surface area contributed by atoms with E-state index in [-0.39, 0.29) is 43.4 Å². The molecule has 1 fully saturated rings. The van der Waals surface area contributed by atoms with Crippen LogP contribution in [0.15, 0.2) is 29.4 Å². The minimum absolute atomic E-state index is 0.105. The number of halogens is 1. The molecule has 0 radical (unpaired) electrons. The maximum absolute atomic E-state index is 13.6. The smallest absolute Gasteiger partial charge is 0.270 e. The number of nitrogens with one attached hydrogen (secondary N) is 1. The van der Waals surface area contributed by atoms with E-state index in [2.05, 4.69) is 20.4 Å². The first-order valence-corrected chi connectivity index (χ1v) is 11.3. The SMILES string of the molecule is COc1cc(CNC(=O)c2cc(C3=NOC([C@H]4CO[C@H](C(C)(C)O)CO4)C3)nc(C)n2)ccc1F. The molecule has 2 N–H and O–H groups in total. The van der Waals surface area contributed by atoms with Crippen molar-refractivity contribution in [3.63, 3.8) is 0 Å². The van der Waals surface area contributed by atoms with Crippen molar-refractivity contribution < 1.29 is 33.3 Å². The van der Waals surface area contributed by atoms with Crippen LogP contribution in [0.1, 0.15) is 47.8 Å². The van der Waals surface area contributed by atoms with Crippen LogP contribution in [-0.4, -0.2) is 70.9 Å². The van der Waals surface area contributed by atoms with E-state index in [0.29, 0.717) is 29.2 Å². The summed E-state index contributed by atoms with van der Waals surface area (Å²) in [6.45, 7) is 5.73. The molecule has 35 heavy (non-hydrogen) atoms. The molecule has 3 atom stereocenters. The number of aryl methyl sites for hydroxylation is 1. The maximum atomic E-state index is 13.6. The van der Waals surface area contributed by atoms with Gasteiger partial charge in [0.15, 0.2) is 17.7 Å². The van der Waals surface area contributed by atoms with Crippen LogP contribution in [0.5, 0.6) is 5.75 Å². The molecule has 10 nitrogen and oxygen atoms in total. The molecule has 1 unspecified atom stereocenters. The Labute approximate surface area is 202 Å². The number of nitrogens with zero attached hydrogens (tertiary/aromatic N) is 3. The molecule has 2 aromatic rings. The topological polar surface area (TPSA) is 124 Å². The van der Waals surface area contributed by atoms with Gasteiger partial charge in [-0.2, -0.15) is 0 Å². The van der Waals surface area contributed by atoms with Crippen LogP contribution in [0.2, 0.25) is 0 Å². The zero-order chi connectivity index (χ0) is 25.2. The Morgan fingerprint density at radius 3 is 2.71 bits per heavy atom. The standard InChI is InChI=1S/C24H29FN4O6/c1-13-27-16(17-9-20(35-29-17)21-11-34-22(12-33-21)24(2,3)31)8-18(28-13)23(30)26-10-14-5-6-15(25)19(7-14)32-4/h5-8,20-22,31H,9-12H2,1-4H3,(H,26,30)/t20?,21-,22+/m1/s1. The second-order valence-electron chi connectivity index (χ2n) is 9.07. The van der Waals surface area contributed by atoms with E-state index in [9.17, 15) is 14.3 Å². The quantitative estimate of drug-likeness (QED) is 0.606. The lowest BCUT2D eigenvalue weighted by Crippen LogP contribution is -2.50. The monoisotopic (exact) mass is 488 g/mol. The van der Waals surface area contributed by atoms with Crippen LogP contribution >= 0.6 is 0 Å². The highest BCUT2D eigenvalue weighted by atomic mass is 19.1. The van der Waals surface area contributed by atoms with Crippen LogP contribution in [0.25, 0.3) is 0 Å². The van der Waals surface area contributed by atoms with Crippen LogP contribution in [0.3, 0.4) is 0 Å². The zero-order valence-corrected chi connectivity index (χ0v) is 20.1. The molecule has 0 saturated carbocycles. The first-order valence-electron chi connectivity index (χ1n) is 11.3. The summed E-state index contributed by atoms with van der Waals surface area (Å²) >= 11 is 0. The number of aliphatic hydroxyl groups is 1. The van der Waals surface area contributed by atoms with Gasteiger partial charge in [-0.25, -0.2) is 14.4 Å². The highest BCUT2D eigenvalue weighted by molar-refractivity contribution is 6.02. The lowest BCUT2D eigenvalue weighted by molar-refractivity contribution is -0.211. The average Bonchev–Trinajstić information content (AvgIpc) is 3.33. The fourth-order valence-corrected chi connectivity index (χ4v) is 3.81. The van der Waals surface area contributed by atoms with E-state index in [0.717, 1.165) is 0 Å². The van der Waals surface area contributed by atoms with Gasteiger partial charge in [0, 0.05) is 13.0 Å². The van der Waals surface area contributed by atoms with Gasteiger partial charge in [-0.3, -0.25) is 4.79 Å². The lowest BCUT2D eigenvalue weighted by atomic mass is 10.0. The predicted molar refractivity (Wildman–Crippen MR) is 123 cm³/mol. The lowest BCUT2D eigenvalue weighted by Gasteiger charge is -2.37. The summed E-state index contributed by atoms with van der Waals surface area (Å²) in [5.41, 5.74) is 0.922. The van der Waals surface area contributed by atoms with Crippen molar-refractivity contribution in [2.45, 2.75) is 57.6 Å². The second-order valence-corrected chi connectivity index (χ2v) is 9.07. The summed E-state index contributed by atoms with van der Waals surface area (Å²) in [7, 11) is 1.38. The number of oxime groups is 1. The van der Waals surface area contributed by atoms with Gasteiger partial charge in [-0.05, 0) is 44.5 Å². The Morgan fingerprint density at radius 2 is 2.03 bits per heavy atom. The third-order valence-corrected chi connectivity index (χ3v) is 5.85. The zero-order valence-electron chi connectivity index (χ0n) is 20.1. The van der Waals surface area contributed by atoms with E-state index >= 15 is 0 Å². The molecular formula is C24H29FN4O6. The van der Waals surface area contributed by atoms with Gasteiger partial charge >= 0.3 is 0 Å². The number of hydrogen-bond donors (Lipinski definition) is 2. The Bertz CT molecular complexity index is 1110. The summed E-state index contributed by atoms with van der Waals surface area (Å²) in [6, 6.07) is 5.94. The van der Waals surface area contributed by atoms with Crippen molar-refractivity contribution in [3.8, 4) is 5.75 Å². The molecule has 188 valence electrons. The van der Waals surface area contributed by atoms with Gasteiger partial charge in [-0.1, -0.05) is 11.2 Å². The summed E-state index contributed by atoms with van der Waals surface area (Å²) in [5, 5.41) is 17.0. The van der Waals surface area contributed by atoms with Crippen molar-refractivity contribution in [2.24, 2.45) is 5.16 Å². The molecule has 0 spiro atoms. The number of carbonyl (C=O) groups is 1. The number of amides is 1. The Hall–Kier alpha value is -3.15. The van der Waals surface area contributed by atoms with E-state index in [1.54, 1.807) is 32.9 Å². The second kappa shape index (κ2) is 10.2. The van der Waals surface area contributed by atoms with E-state index in [1.807, 2.05) is 0 Å². The molecule has 0 aliphatic carbocycles. The number of aromatic nitrogens is 2. The normalized spacial score (nSPS) is 22.3. The van der Waals surface area contributed by atoms with Gasteiger partial charge in [-0.15, -0.1) is 0 Å². The number of benzene rings is 1. The van der Waals surface area contributed by atoms with Crippen molar-refractivity contribution in [3.05, 3.63) is 52.9 Å². The fourth-order valence-electron chi connectivity index (χ4n) is 3.81. The van der Waals surface area contributed by atoms with Gasteiger partial charge in [0.05, 0.1) is 31.6 Å². The molecule has 3 heterocycles. The maximum Gasteiger partial charge on any atom is 0.270 e. The molecule has 11 heteroatoms. The van der Waals surface area contributed by atoms with Crippen molar-refractivity contribution >= 4 is 11.6 Å². The number of carbonyl (C=O) groups excluding carboxylic acids is 1. The number of rotatable bonds is 7. The van der Waals surface area contributed by atoms with Crippen LogP contribution in [-0.2, 0) is 20.9 Å². The molecule has 1 aromatic heterocycles. The van der Waals surface area contributed by atoms with E-state index < -0.39 is 23.4 Å². The third-order valence-electron chi connectivity index (χ3n) is 5.85. The van der Waals surface area contributed by atoms with Crippen molar-refractivity contribution in [1.29, 1.82) is 0 Å². The molecular weight excluding hydrogens is 459 g/mol. The summed E-state index contributed by atoms with van der Waals surface area (Å²) in [4.78, 5) is 27.0. The van der Waals surface area contributed by atoms with Crippen molar-refractivity contribution in [1.82, 2.24) is 15.3 Å². The third kappa shape index (κ3) is 5.92. The number of methoxy groups -OCH3 is 1. The minimum Gasteiger partial charge on any atom is -0.494 e. The first-order chi connectivity index (χ1) is 16.6. The van der Waals surface area contributed by atoms with Gasteiger partial charge in [0.25, 0.3) is 5.91 Å². The average molecular weight is 489 g/mol. The fraction of sp³-hybridized carbons (Fsp3) is 0.500. The summed E-state index contributed by atoms with van der Waals surface area (Å²) in [5.74, 6) is -0.363. The highest BCUT2D eigenvalue weighted by Crippen LogP contribution is 2.26. The van der Waals surface area contributed by atoms with E-state index in [4.69, 9.17) is 19.0 Å².